The molecule has 14 heteroatoms. The Morgan fingerprint density at radius 1 is 0.973 bits per heavy atom. The highest BCUT2D eigenvalue weighted by atomic mass is 35.5. The molecule has 0 saturated carbocycles. The molecule has 2 N–H and O–H groups in total. The number of pyridine rings is 1. The van der Waals surface area contributed by atoms with Crippen LogP contribution in [-0.2, 0) is 33.7 Å². The second-order valence-electron chi connectivity index (χ2n) is 7.98. The van der Waals surface area contributed by atoms with Crippen molar-refractivity contribution >= 4 is 33.2 Å². The van der Waals surface area contributed by atoms with Gasteiger partial charge in [-0.3, -0.25) is 14.1 Å². The van der Waals surface area contributed by atoms with Crippen LogP contribution in [0.5, 0.6) is 0 Å². The van der Waals surface area contributed by atoms with E-state index in [-0.39, 0.29) is 27.4 Å². The van der Waals surface area contributed by atoms with Crippen LogP contribution in [0.25, 0.3) is 0 Å². The Hall–Kier alpha value is -3.32. The van der Waals surface area contributed by atoms with E-state index in [9.17, 15) is 39.6 Å². The van der Waals surface area contributed by atoms with Crippen molar-refractivity contribution in [2.75, 3.05) is 10.6 Å². The number of rotatable bonds is 7. The smallest absolute Gasteiger partial charge is 0.369 e. The molecule has 0 aliphatic carbocycles. The topological polar surface area (TPSA) is 93.4 Å². The Bertz CT molecular complexity index is 1390. The predicted molar refractivity (Wildman–Crippen MR) is 124 cm³/mol. The van der Waals surface area contributed by atoms with Gasteiger partial charge in [0.2, 0.25) is 15.9 Å². The highest BCUT2D eigenvalue weighted by molar-refractivity contribution is 7.92. The third kappa shape index (κ3) is 6.72. The molecule has 37 heavy (non-hydrogen) atoms. The van der Waals surface area contributed by atoms with Gasteiger partial charge in [-0.15, -0.1) is 0 Å². The van der Waals surface area contributed by atoms with Gasteiger partial charge in [-0.2, -0.15) is 26.3 Å². The summed E-state index contributed by atoms with van der Waals surface area (Å²) >= 11 is 5.98. The predicted octanol–water partition coefficient (Wildman–Crippen LogP) is 5.36. The summed E-state index contributed by atoms with van der Waals surface area (Å²) in [6, 6.07) is 9.66. The lowest BCUT2D eigenvalue weighted by molar-refractivity contribution is -0.141. The number of anilines is 1. The van der Waals surface area contributed by atoms with Gasteiger partial charge in [-0.1, -0.05) is 35.9 Å². The fourth-order valence-electron chi connectivity index (χ4n) is 3.50. The number of amides is 1. The third-order valence-corrected chi connectivity index (χ3v) is 6.80. The summed E-state index contributed by atoms with van der Waals surface area (Å²) in [6.45, 7) is -0.392. The molecule has 1 atom stereocenters. The number of alkyl halides is 6. The number of hydrogen-bond acceptors (Lipinski definition) is 4. The number of carbonyl (C=O) groups is 1. The average Bonchev–Trinajstić information content (AvgIpc) is 2.77. The van der Waals surface area contributed by atoms with Crippen molar-refractivity contribution in [3.63, 3.8) is 0 Å². The summed E-state index contributed by atoms with van der Waals surface area (Å²) < 4.78 is 103. The number of primary amides is 1. The van der Waals surface area contributed by atoms with Gasteiger partial charge in [0, 0.05) is 11.2 Å². The lowest BCUT2D eigenvalue weighted by Crippen LogP contribution is -2.29. The number of hydrogen-bond donors (Lipinski definition) is 1. The summed E-state index contributed by atoms with van der Waals surface area (Å²) in [5.74, 6) is -2.06. The van der Waals surface area contributed by atoms with Gasteiger partial charge in [0.15, 0.2) is 0 Å². The number of aromatic nitrogens is 1. The van der Waals surface area contributed by atoms with Crippen LogP contribution in [-0.4, -0.2) is 25.6 Å². The molecular weight excluding hydrogens is 548 g/mol. The normalized spacial score (nSPS) is 13.3. The molecule has 6 nitrogen and oxygen atoms in total. The molecule has 0 radical (unpaired) electrons. The van der Waals surface area contributed by atoms with Crippen molar-refractivity contribution in [3.05, 3.63) is 93.8 Å². The zero-order chi connectivity index (χ0) is 27.8. The minimum absolute atomic E-state index is 0.0877. The highest BCUT2D eigenvalue weighted by Gasteiger charge is 2.33. The van der Waals surface area contributed by atoms with Crippen LogP contribution >= 0.6 is 11.6 Å². The molecule has 0 fully saturated rings. The first-order valence-electron chi connectivity index (χ1n) is 10.2. The fraction of sp³-hybridized carbons (Fsp3) is 0.217. The number of nitrogens with two attached hydrogens (primary N) is 1. The molecule has 0 aliphatic rings. The number of sulfonamides is 1. The van der Waals surface area contributed by atoms with Gasteiger partial charge in [0.05, 0.1) is 30.0 Å². The zero-order valence-corrected chi connectivity index (χ0v) is 20.4. The summed E-state index contributed by atoms with van der Waals surface area (Å²) in [5, 5.41) is -0.288. The van der Waals surface area contributed by atoms with Crippen molar-refractivity contribution in [1.29, 1.82) is 0 Å². The molecular formula is C23H18ClF6N3O3S. The van der Waals surface area contributed by atoms with Crippen molar-refractivity contribution in [2.24, 2.45) is 5.73 Å². The maximum atomic E-state index is 12.9. The Kier molecular flexibility index (Phi) is 7.80. The molecule has 1 aromatic heterocycles. The Morgan fingerprint density at radius 2 is 1.57 bits per heavy atom. The third-order valence-electron chi connectivity index (χ3n) is 5.30. The van der Waals surface area contributed by atoms with Gasteiger partial charge in [0.1, 0.15) is 5.69 Å². The van der Waals surface area contributed by atoms with E-state index in [2.05, 4.69) is 4.98 Å². The molecule has 3 aromatic rings. The van der Waals surface area contributed by atoms with Gasteiger partial charge in [0.25, 0.3) is 0 Å². The Labute approximate surface area is 212 Å². The molecule has 1 heterocycles. The number of halogens is 7. The quantitative estimate of drug-likeness (QED) is 0.391. The first kappa shape index (κ1) is 28.3. The van der Waals surface area contributed by atoms with E-state index in [4.69, 9.17) is 17.3 Å². The summed E-state index contributed by atoms with van der Waals surface area (Å²) in [7, 11) is -3.95. The van der Waals surface area contributed by atoms with Gasteiger partial charge in [-0.25, -0.2) is 8.42 Å². The van der Waals surface area contributed by atoms with Crippen LogP contribution in [0.4, 0.5) is 32.0 Å². The molecule has 1 unspecified atom stereocenters. The zero-order valence-electron chi connectivity index (χ0n) is 18.8. The summed E-state index contributed by atoms with van der Waals surface area (Å²) in [5.41, 5.74) is 3.85. The van der Waals surface area contributed by atoms with Crippen LogP contribution in [0, 0.1) is 0 Å². The minimum atomic E-state index is -4.67. The molecule has 3 rings (SSSR count). The molecule has 198 valence electrons. The lowest BCUT2D eigenvalue weighted by Gasteiger charge is -2.24. The second kappa shape index (κ2) is 10.2. The van der Waals surface area contributed by atoms with E-state index >= 15 is 0 Å². The number of benzene rings is 2. The number of nitrogens with zero attached hydrogens (tertiary/aromatic N) is 2. The molecule has 1 amide bonds. The van der Waals surface area contributed by atoms with E-state index in [1.54, 1.807) is 0 Å². The lowest BCUT2D eigenvalue weighted by atomic mass is 9.91. The SMILES string of the molecule is CS(=O)(=O)N(Cc1ccc(C(F)(F)F)cc1Cl)c1ccc(C(C(N)=O)c2ccc(C(F)(F)F)nc2)cc1. The monoisotopic (exact) mass is 565 g/mol. The Balaban J connectivity index is 1.93. The van der Waals surface area contributed by atoms with Gasteiger partial charge in [-0.05, 0) is 47.0 Å². The number of carbonyl (C=O) groups excluding carboxylic acids is 1. The van der Waals surface area contributed by atoms with Crippen LogP contribution in [0.1, 0.15) is 33.9 Å². The summed E-state index contributed by atoms with van der Waals surface area (Å²) in [6.07, 6.45) is -7.54. The first-order chi connectivity index (χ1) is 17.0. The van der Waals surface area contributed by atoms with Crippen LogP contribution in [0.2, 0.25) is 5.02 Å². The molecule has 0 saturated heterocycles. The Morgan fingerprint density at radius 3 is 2.00 bits per heavy atom. The van der Waals surface area contributed by atoms with Crippen molar-refractivity contribution in [1.82, 2.24) is 4.98 Å². The minimum Gasteiger partial charge on any atom is -0.369 e. The molecule has 0 spiro atoms. The van der Waals surface area contributed by atoms with Crippen molar-refractivity contribution in [2.45, 2.75) is 24.8 Å². The molecule has 0 bridgehead atoms. The van der Waals surface area contributed by atoms with Gasteiger partial charge >= 0.3 is 12.4 Å². The fourth-order valence-corrected chi connectivity index (χ4v) is 4.62. The largest absolute Gasteiger partial charge is 0.433 e. The van der Waals surface area contributed by atoms with E-state index in [0.29, 0.717) is 12.1 Å². The van der Waals surface area contributed by atoms with Crippen molar-refractivity contribution in [3.8, 4) is 0 Å². The molecule has 2 aromatic carbocycles. The van der Waals surface area contributed by atoms with E-state index in [1.165, 1.54) is 24.3 Å². The first-order valence-corrected chi connectivity index (χ1v) is 12.5. The van der Waals surface area contributed by atoms with Crippen LogP contribution in [0.3, 0.4) is 0 Å². The van der Waals surface area contributed by atoms with Crippen LogP contribution < -0.4 is 10.0 Å². The van der Waals surface area contributed by atoms with Crippen LogP contribution in [0.15, 0.2) is 60.8 Å². The van der Waals surface area contributed by atoms with Crippen molar-refractivity contribution < 1.29 is 39.6 Å². The summed E-state index contributed by atoms with van der Waals surface area (Å²) in [4.78, 5) is 15.4. The van der Waals surface area contributed by atoms with E-state index in [1.807, 2.05) is 0 Å². The standard InChI is InChI=1S/C23H18ClF6N3O3S/c1-37(35,36)33(12-15-2-6-16(10-18(15)24)22(25,26)27)17-7-3-13(4-8-17)20(21(31)34)14-5-9-19(32-11-14)23(28,29)30/h2-11,20H,12H2,1H3,(H2,31,34). The highest BCUT2D eigenvalue weighted by Crippen LogP contribution is 2.34. The van der Waals surface area contributed by atoms with E-state index in [0.717, 1.165) is 35.0 Å². The van der Waals surface area contributed by atoms with E-state index < -0.39 is 52.0 Å². The maximum absolute atomic E-state index is 12.9. The second-order valence-corrected chi connectivity index (χ2v) is 10.3. The maximum Gasteiger partial charge on any atom is 0.433 e. The average molecular weight is 566 g/mol. The van der Waals surface area contributed by atoms with Gasteiger partial charge < -0.3 is 5.73 Å². The molecule has 0 aliphatic heterocycles.